The molecule has 3 nitrogen and oxygen atoms in total. The van der Waals surface area contributed by atoms with Crippen molar-refractivity contribution < 1.29 is 0 Å². The summed E-state index contributed by atoms with van der Waals surface area (Å²) in [5.74, 6) is 0.947. The van der Waals surface area contributed by atoms with Crippen molar-refractivity contribution >= 4 is 12.2 Å². The standard InChI is InChI=1S/C13H18N2O.C2H6/c1-5-7-10-11(8-6-2)14-12(9(3)4)15-13(10)16;1-2/h5-9H,1-4H3,(H,14,15,16);1-2H3/b7-5-,8-6-;. The Morgan fingerprint density at radius 3 is 2.11 bits per heavy atom. The van der Waals surface area contributed by atoms with E-state index in [2.05, 4.69) is 9.97 Å². The molecule has 1 aromatic heterocycles. The van der Waals surface area contributed by atoms with Gasteiger partial charge in [0.1, 0.15) is 5.82 Å². The first-order valence-electron chi connectivity index (χ1n) is 6.49. The van der Waals surface area contributed by atoms with Gasteiger partial charge in [0.15, 0.2) is 0 Å². The molecule has 1 aromatic rings. The van der Waals surface area contributed by atoms with Crippen molar-refractivity contribution in [1.29, 1.82) is 0 Å². The van der Waals surface area contributed by atoms with Crippen molar-refractivity contribution in [1.82, 2.24) is 9.97 Å². The van der Waals surface area contributed by atoms with E-state index in [9.17, 15) is 4.79 Å². The smallest absolute Gasteiger partial charge is 0.258 e. The zero-order valence-electron chi connectivity index (χ0n) is 12.2. The van der Waals surface area contributed by atoms with Crippen LogP contribution >= 0.6 is 0 Å². The average molecular weight is 248 g/mol. The normalized spacial score (nSPS) is 11.1. The second kappa shape index (κ2) is 8.45. The molecule has 0 aromatic carbocycles. The van der Waals surface area contributed by atoms with Gasteiger partial charge in [-0.25, -0.2) is 4.98 Å². The monoisotopic (exact) mass is 248 g/mol. The summed E-state index contributed by atoms with van der Waals surface area (Å²) in [7, 11) is 0. The second-order valence-corrected chi connectivity index (χ2v) is 3.90. The van der Waals surface area contributed by atoms with Crippen molar-refractivity contribution in [2.24, 2.45) is 0 Å². The maximum absolute atomic E-state index is 11.8. The van der Waals surface area contributed by atoms with Gasteiger partial charge in [0.25, 0.3) is 5.56 Å². The van der Waals surface area contributed by atoms with Gasteiger partial charge in [0.2, 0.25) is 0 Å². The minimum atomic E-state index is -0.0788. The lowest BCUT2D eigenvalue weighted by atomic mass is 10.1. The first-order chi connectivity index (χ1) is 8.60. The van der Waals surface area contributed by atoms with Crippen LogP contribution in [0.3, 0.4) is 0 Å². The number of nitrogens with one attached hydrogen (secondary N) is 1. The van der Waals surface area contributed by atoms with Crippen molar-refractivity contribution in [2.75, 3.05) is 0 Å². The third-order valence-corrected chi connectivity index (χ3v) is 2.21. The number of hydrogen-bond acceptors (Lipinski definition) is 2. The van der Waals surface area contributed by atoms with Crippen molar-refractivity contribution in [3.8, 4) is 0 Å². The van der Waals surface area contributed by atoms with Crippen molar-refractivity contribution in [3.63, 3.8) is 0 Å². The Hall–Kier alpha value is -1.64. The molecule has 0 saturated carbocycles. The van der Waals surface area contributed by atoms with E-state index in [1.54, 1.807) is 6.08 Å². The topological polar surface area (TPSA) is 45.8 Å². The molecule has 1 heterocycles. The Kier molecular flexibility index (Phi) is 7.68. The predicted octanol–water partition coefficient (Wildman–Crippen LogP) is 3.99. The van der Waals surface area contributed by atoms with Crippen LogP contribution < -0.4 is 5.56 Å². The van der Waals surface area contributed by atoms with Crippen LogP contribution in [0, 0.1) is 0 Å². The first-order valence-corrected chi connectivity index (χ1v) is 6.49. The van der Waals surface area contributed by atoms with E-state index < -0.39 is 0 Å². The van der Waals surface area contributed by atoms with Crippen LogP contribution in [0.5, 0.6) is 0 Å². The molecule has 100 valence electrons. The quantitative estimate of drug-likeness (QED) is 0.879. The van der Waals surface area contributed by atoms with Crippen LogP contribution in [0.15, 0.2) is 16.9 Å². The molecule has 0 saturated heterocycles. The summed E-state index contributed by atoms with van der Waals surface area (Å²) in [6, 6.07) is 0. The van der Waals surface area contributed by atoms with E-state index in [4.69, 9.17) is 0 Å². The zero-order valence-corrected chi connectivity index (χ0v) is 12.2. The van der Waals surface area contributed by atoms with E-state index in [0.29, 0.717) is 5.56 Å². The lowest BCUT2D eigenvalue weighted by molar-refractivity contribution is 0.763. The van der Waals surface area contributed by atoms with E-state index >= 15 is 0 Å². The lowest BCUT2D eigenvalue weighted by Gasteiger charge is -2.07. The molecule has 0 amide bonds. The second-order valence-electron chi connectivity index (χ2n) is 3.90. The summed E-state index contributed by atoms with van der Waals surface area (Å²) in [6.45, 7) is 11.8. The van der Waals surface area contributed by atoms with Gasteiger partial charge in [-0.15, -0.1) is 0 Å². The molecule has 0 aliphatic heterocycles. The molecule has 0 radical (unpaired) electrons. The molecule has 0 fully saturated rings. The van der Waals surface area contributed by atoms with Crippen LogP contribution in [0.2, 0.25) is 0 Å². The third kappa shape index (κ3) is 4.32. The molecule has 0 spiro atoms. The molecular formula is C15H24N2O. The zero-order chi connectivity index (χ0) is 14.1. The highest BCUT2D eigenvalue weighted by molar-refractivity contribution is 5.61. The molecule has 0 aliphatic rings. The van der Waals surface area contributed by atoms with Crippen LogP contribution in [0.25, 0.3) is 12.2 Å². The highest BCUT2D eigenvalue weighted by Crippen LogP contribution is 2.11. The van der Waals surface area contributed by atoms with Crippen LogP contribution in [-0.2, 0) is 0 Å². The van der Waals surface area contributed by atoms with Gasteiger partial charge in [0.05, 0.1) is 11.3 Å². The Bertz CT molecular complexity index is 468. The average Bonchev–Trinajstić information content (AvgIpc) is 2.36. The van der Waals surface area contributed by atoms with E-state index in [-0.39, 0.29) is 11.5 Å². The van der Waals surface area contributed by atoms with Gasteiger partial charge in [-0.05, 0) is 19.9 Å². The molecule has 0 atom stereocenters. The minimum Gasteiger partial charge on any atom is -0.310 e. The number of hydrogen-bond donors (Lipinski definition) is 1. The summed E-state index contributed by atoms with van der Waals surface area (Å²) in [5.41, 5.74) is 1.27. The van der Waals surface area contributed by atoms with Crippen LogP contribution in [0.4, 0.5) is 0 Å². The number of allylic oxidation sites excluding steroid dienone is 2. The number of aromatic amines is 1. The predicted molar refractivity (Wildman–Crippen MR) is 79.7 cm³/mol. The molecule has 0 bridgehead atoms. The Morgan fingerprint density at radius 2 is 1.67 bits per heavy atom. The Labute approximate surface area is 110 Å². The molecule has 0 aliphatic carbocycles. The Balaban J connectivity index is 0.00000137. The van der Waals surface area contributed by atoms with Gasteiger partial charge in [-0.2, -0.15) is 0 Å². The van der Waals surface area contributed by atoms with Gasteiger partial charge in [-0.3, -0.25) is 4.79 Å². The van der Waals surface area contributed by atoms with E-state index in [1.807, 2.05) is 59.8 Å². The van der Waals surface area contributed by atoms with Gasteiger partial charge in [0, 0.05) is 5.92 Å². The maximum atomic E-state index is 11.8. The van der Waals surface area contributed by atoms with Crippen LogP contribution in [-0.4, -0.2) is 9.97 Å². The fraction of sp³-hybridized carbons (Fsp3) is 0.467. The first kappa shape index (κ1) is 16.4. The van der Waals surface area contributed by atoms with Crippen LogP contribution in [0.1, 0.15) is 64.5 Å². The maximum Gasteiger partial charge on any atom is 0.258 e. The largest absolute Gasteiger partial charge is 0.310 e. The number of aromatic nitrogens is 2. The Morgan fingerprint density at radius 1 is 1.11 bits per heavy atom. The minimum absolute atomic E-state index is 0.0788. The summed E-state index contributed by atoms with van der Waals surface area (Å²) < 4.78 is 0. The lowest BCUT2D eigenvalue weighted by Crippen LogP contribution is -2.17. The number of nitrogens with zero attached hydrogens (tertiary/aromatic N) is 1. The summed E-state index contributed by atoms with van der Waals surface area (Å²) >= 11 is 0. The van der Waals surface area contributed by atoms with Crippen molar-refractivity contribution in [3.05, 3.63) is 39.6 Å². The van der Waals surface area contributed by atoms with Gasteiger partial charge < -0.3 is 4.98 Å². The fourth-order valence-electron chi connectivity index (χ4n) is 1.40. The van der Waals surface area contributed by atoms with Gasteiger partial charge >= 0.3 is 0 Å². The highest BCUT2D eigenvalue weighted by atomic mass is 16.1. The summed E-state index contributed by atoms with van der Waals surface area (Å²) in [4.78, 5) is 19.1. The SMILES string of the molecule is C/C=C\c1nc(C(C)C)[nH]c(=O)c1/C=C\C.CC. The third-order valence-electron chi connectivity index (χ3n) is 2.21. The molecule has 0 unspecified atom stereocenters. The summed E-state index contributed by atoms with van der Waals surface area (Å²) in [6.07, 6.45) is 7.37. The van der Waals surface area contributed by atoms with Crippen molar-refractivity contribution in [2.45, 2.75) is 47.5 Å². The van der Waals surface area contributed by atoms with E-state index in [0.717, 1.165) is 11.5 Å². The molecule has 1 rings (SSSR count). The molecule has 18 heavy (non-hydrogen) atoms. The summed E-state index contributed by atoms with van der Waals surface area (Å²) in [5, 5.41) is 0. The fourth-order valence-corrected chi connectivity index (χ4v) is 1.40. The molecular weight excluding hydrogens is 224 g/mol. The number of rotatable bonds is 3. The number of H-pyrrole nitrogens is 1. The molecule has 1 N–H and O–H groups in total. The van der Waals surface area contributed by atoms with E-state index in [1.165, 1.54) is 0 Å². The van der Waals surface area contributed by atoms with Gasteiger partial charge in [-0.1, -0.05) is 45.9 Å². The highest BCUT2D eigenvalue weighted by Gasteiger charge is 2.08. The molecule has 3 heteroatoms.